The molecule has 0 aliphatic rings. The van der Waals surface area contributed by atoms with E-state index in [4.69, 9.17) is 17.3 Å². The van der Waals surface area contributed by atoms with Gasteiger partial charge in [0.25, 0.3) is 5.91 Å². The fourth-order valence-corrected chi connectivity index (χ4v) is 2.62. The maximum absolute atomic E-state index is 12.6. The average molecular weight is 389 g/mol. The van der Waals surface area contributed by atoms with E-state index in [0.717, 1.165) is 0 Å². The molecule has 0 saturated heterocycles. The Kier molecular flexibility index (Phi) is 6.79. The molecule has 7 nitrogen and oxygen atoms in total. The van der Waals surface area contributed by atoms with E-state index in [1.807, 2.05) is 13.8 Å². The molecule has 0 heterocycles. The van der Waals surface area contributed by atoms with E-state index in [2.05, 4.69) is 16.0 Å². The Morgan fingerprint density at radius 2 is 1.48 bits per heavy atom. The number of rotatable bonds is 6. The van der Waals surface area contributed by atoms with Crippen molar-refractivity contribution in [2.45, 2.75) is 19.9 Å². The van der Waals surface area contributed by atoms with Gasteiger partial charge in [-0.1, -0.05) is 37.6 Å². The molecule has 5 N–H and O–H groups in total. The van der Waals surface area contributed by atoms with E-state index >= 15 is 0 Å². The van der Waals surface area contributed by atoms with Gasteiger partial charge in [0.15, 0.2) is 0 Å². The van der Waals surface area contributed by atoms with Gasteiger partial charge in [0.05, 0.1) is 10.6 Å². The molecule has 8 heteroatoms. The van der Waals surface area contributed by atoms with Gasteiger partial charge in [-0.05, 0) is 42.3 Å². The van der Waals surface area contributed by atoms with E-state index in [1.165, 1.54) is 0 Å². The third kappa shape index (κ3) is 5.72. The quantitative estimate of drug-likeness (QED) is 0.609. The molecule has 0 fully saturated rings. The second kappa shape index (κ2) is 9.05. The lowest BCUT2D eigenvalue weighted by Crippen LogP contribution is -2.47. The first-order valence-electron chi connectivity index (χ1n) is 8.30. The zero-order valence-electron chi connectivity index (χ0n) is 15.0. The predicted octanol–water partition coefficient (Wildman–Crippen LogP) is 3.22. The number of amides is 4. The molecular weight excluding hydrogens is 368 g/mol. The van der Waals surface area contributed by atoms with Crippen LogP contribution in [-0.2, 0) is 4.79 Å². The van der Waals surface area contributed by atoms with E-state index in [-0.39, 0.29) is 11.8 Å². The SMILES string of the molecule is CC(C)C(NC(=O)c1ccccc1Cl)C(=O)Nc1ccc(NC(N)=O)cc1. The summed E-state index contributed by atoms with van der Waals surface area (Å²) >= 11 is 6.04. The molecule has 1 atom stereocenters. The van der Waals surface area contributed by atoms with Gasteiger partial charge in [-0.2, -0.15) is 0 Å². The summed E-state index contributed by atoms with van der Waals surface area (Å²) in [5, 5.41) is 8.21. The van der Waals surface area contributed by atoms with Crippen molar-refractivity contribution in [1.29, 1.82) is 0 Å². The van der Waals surface area contributed by atoms with E-state index in [0.29, 0.717) is 22.0 Å². The summed E-state index contributed by atoms with van der Waals surface area (Å²) < 4.78 is 0. The highest BCUT2D eigenvalue weighted by atomic mass is 35.5. The van der Waals surface area contributed by atoms with Crippen LogP contribution in [0.25, 0.3) is 0 Å². The number of urea groups is 1. The lowest BCUT2D eigenvalue weighted by molar-refractivity contribution is -0.118. The van der Waals surface area contributed by atoms with Crippen molar-refractivity contribution in [3.63, 3.8) is 0 Å². The van der Waals surface area contributed by atoms with Crippen LogP contribution in [0.4, 0.5) is 16.2 Å². The van der Waals surface area contributed by atoms with Crippen LogP contribution in [0, 0.1) is 5.92 Å². The predicted molar refractivity (Wildman–Crippen MR) is 106 cm³/mol. The van der Waals surface area contributed by atoms with E-state index in [9.17, 15) is 14.4 Å². The first-order valence-corrected chi connectivity index (χ1v) is 8.68. The minimum Gasteiger partial charge on any atom is -0.351 e. The molecule has 1 unspecified atom stereocenters. The monoisotopic (exact) mass is 388 g/mol. The summed E-state index contributed by atoms with van der Waals surface area (Å²) in [6, 6.07) is 11.7. The molecule has 0 spiro atoms. The Hall–Kier alpha value is -3.06. The molecule has 0 saturated carbocycles. The molecule has 2 rings (SSSR count). The Balaban J connectivity index is 2.07. The van der Waals surface area contributed by atoms with Crippen LogP contribution < -0.4 is 21.7 Å². The van der Waals surface area contributed by atoms with Gasteiger partial charge < -0.3 is 21.7 Å². The van der Waals surface area contributed by atoms with Crippen molar-refractivity contribution in [3.05, 3.63) is 59.1 Å². The minimum atomic E-state index is -0.753. The standard InChI is InChI=1S/C19H21ClN4O3/c1-11(2)16(24-17(25)14-5-3-4-6-15(14)20)18(26)22-12-7-9-13(10-8-12)23-19(21)27/h3-11,16H,1-2H3,(H,22,26)(H,24,25)(H3,21,23,27). The summed E-state index contributed by atoms with van der Waals surface area (Å²) in [6.07, 6.45) is 0. The van der Waals surface area contributed by atoms with E-state index < -0.39 is 18.0 Å². The molecule has 0 aliphatic heterocycles. The van der Waals surface area contributed by atoms with Crippen LogP contribution in [0.15, 0.2) is 48.5 Å². The number of benzene rings is 2. The summed E-state index contributed by atoms with van der Waals surface area (Å²) in [5.41, 5.74) is 6.39. The Bertz CT molecular complexity index is 837. The molecule has 4 amide bonds. The number of nitrogens with two attached hydrogens (primary N) is 1. The number of anilines is 2. The molecule has 0 bridgehead atoms. The summed E-state index contributed by atoms with van der Waals surface area (Å²) in [4.78, 5) is 35.9. The number of hydrogen-bond acceptors (Lipinski definition) is 3. The molecule has 142 valence electrons. The van der Waals surface area contributed by atoms with Gasteiger partial charge >= 0.3 is 6.03 Å². The van der Waals surface area contributed by atoms with Crippen molar-refractivity contribution in [3.8, 4) is 0 Å². The number of carbonyl (C=O) groups is 3. The molecule has 2 aromatic carbocycles. The minimum absolute atomic E-state index is 0.146. The van der Waals surface area contributed by atoms with Gasteiger partial charge in [0.1, 0.15) is 6.04 Å². The van der Waals surface area contributed by atoms with Crippen molar-refractivity contribution >= 4 is 40.8 Å². The van der Waals surface area contributed by atoms with Gasteiger partial charge in [-0.25, -0.2) is 4.79 Å². The second-order valence-electron chi connectivity index (χ2n) is 6.23. The topological polar surface area (TPSA) is 113 Å². The van der Waals surface area contributed by atoms with E-state index in [1.54, 1.807) is 48.5 Å². The fourth-order valence-electron chi connectivity index (χ4n) is 2.40. The van der Waals surface area contributed by atoms with Gasteiger partial charge in [-0.3, -0.25) is 9.59 Å². The summed E-state index contributed by atoms with van der Waals surface area (Å²) in [7, 11) is 0. The Labute approximate surface area is 162 Å². The van der Waals surface area contributed by atoms with Crippen LogP contribution in [0.1, 0.15) is 24.2 Å². The second-order valence-corrected chi connectivity index (χ2v) is 6.64. The molecule has 2 aromatic rings. The maximum atomic E-state index is 12.6. The molecule has 27 heavy (non-hydrogen) atoms. The van der Waals surface area contributed by atoms with Crippen molar-refractivity contribution in [1.82, 2.24) is 5.32 Å². The van der Waals surface area contributed by atoms with Crippen LogP contribution in [0.2, 0.25) is 5.02 Å². The highest BCUT2D eigenvalue weighted by Crippen LogP contribution is 2.17. The van der Waals surface area contributed by atoms with Gasteiger partial charge in [0, 0.05) is 11.4 Å². The van der Waals surface area contributed by atoms with Gasteiger partial charge in [0.2, 0.25) is 5.91 Å². The number of hydrogen-bond donors (Lipinski definition) is 4. The average Bonchev–Trinajstić information content (AvgIpc) is 2.60. The fraction of sp³-hybridized carbons (Fsp3) is 0.211. The first-order chi connectivity index (χ1) is 12.8. The van der Waals surface area contributed by atoms with Crippen LogP contribution in [-0.4, -0.2) is 23.9 Å². The first kappa shape index (κ1) is 20.3. The number of primary amides is 1. The number of nitrogens with one attached hydrogen (secondary N) is 3. The zero-order chi connectivity index (χ0) is 20.0. The Morgan fingerprint density at radius 3 is 2.00 bits per heavy atom. The van der Waals surface area contributed by atoms with Crippen molar-refractivity contribution in [2.24, 2.45) is 11.7 Å². The lowest BCUT2D eigenvalue weighted by Gasteiger charge is -2.22. The van der Waals surface area contributed by atoms with Crippen molar-refractivity contribution < 1.29 is 14.4 Å². The molecule has 0 radical (unpaired) electrons. The number of halogens is 1. The summed E-state index contributed by atoms with van der Waals surface area (Å²) in [5.74, 6) is -0.927. The third-order valence-corrected chi connectivity index (χ3v) is 4.10. The maximum Gasteiger partial charge on any atom is 0.316 e. The normalized spacial score (nSPS) is 11.6. The Morgan fingerprint density at radius 1 is 0.926 bits per heavy atom. The largest absolute Gasteiger partial charge is 0.351 e. The van der Waals surface area contributed by atoms with Crippen LogP contribution >= 0.6 is 11.6 Å². The molecular formula is C19H21ClN4O3. The van der Waals surface area contributed by atoms with Crippen LogP contribution in [0.3, 0.4) is 0 Å². The molecule has 0 aromatic heterocycles. The smallest absolute Gasteiger partial charge is 0.316 e. The molecule has 0 aliphatic carbocycles. The van der Waals surface area contributed by atoms with Crippen molar-refractivity contribution in [2.75, 3.05) is 10.6 Å². The summed E-state index contributed by atoms with van der Waals surface area (Å²) in [6.45, 7) is 3.66. The highest BCUT2D eigenvalue weighted by Gasteiger charge is 2.25. The van der Waals surface area contributed by atoms with Gasteiger partial charge in [-0.15, -0.1) is 0 Å². The number of carbonyl (C=O) groups excluding carboxylic acids is 3. The highest BCUT2D eigenvalue weighted by molar-refractivity contribution is 6.33. The zero-order valence-corrected chi connectivity index (χ0v) is 15.7. The van der Waals surface area contributed by atoms with Crippen LogP contribution in [0.5, 0.6) is 0 Å². The third-order valence-electron chi connectivity index (χ3n) is 3.77. The lowest BCUT2D eigenvalue weighted by atomic mass is 10.0.